The molecule has 0 heterocycles. The van der Waals surface area contributed by atoms with E-state index >= 15 is 0 Å². The molecule has 0 atom stereocenters. The quantitative estimate of drug-likeness (QED) is 0.822. The van der Waals surface area contributed by atoms with Crippen molar-refractivity contribution in [1.29, 1.82) is 0 Å². The van der Waals surface area contributed by atoms with E-state index in [1.807, 2.05) is 13.8 Å². The monoisotopic (exact) mass is 274 g/mol. The van der Waals surface area contributed by atoms with Crippen LogP contribution in [0.4, 0.5) is 0 Å². The van der Waals surface area contributed by atoms with Crippen molar-refractivity contribution in [1.82, 2.24) is 0 Å². The lowest BCUT2D eigenvalue weighted by Crippen LogP contribution is -2.09. The fourth-order valence-corrected chi connectivity index (χ4v) is 1.75. The lowest BCUT2D eigenvalue weighted by molar-refractivity contribution is 0.216. The molecule has 0 saturated heterocycles. The van der Waals surface area contributed by atoms with Crippen LogP contribution in [0.3, 0.4) is 0 Å². The average Bonchev–Trinajstić information content (AvgIpc) is 2.42. The molecule has 0 aliphatic carbocycles. The summed E-state index contributed by atoms with van der Waals surface area (Å²) in [5, 5.41) is 18.8. The van der Waals surface area contributed by atoms with E-state index in [0.29, 0.717) is 24.7 Å². The molecule has 0 bridgehead atoms. The second-order valence-electron chi connectivity index (χ2n) is 4.59. The van der Waals surface area contributed by atoms with E-state index in [0.717, 1.165) is 11.1 Å². The number of phenols is 2. The molecule has 2 aromatic carbocycles. The van der Waals surface area contributed by atoms with Crippen LogP contribution < -0.4 is 9.47 Å². The number of aromatic hydroxyl groups is 2. The van der Waals surface area contributed by atoms with Crippen LogP contribution in [-0.4, -0.2) is 23.4 Å². The molecule has 0 aromatic heterocycles. The van der Waals surface area contributed by atoms with Gasteiger partial charge in [-0.3, -0.25) is 0 Å². The standard InChI is InChI=1S/C16H18O4/c1-11-9-13(3-5-15(11)17)19-7-8-20-14-4-6-16(18)12(2)10-14/h3-6,9-10,17-18H,7-8H2,1-2H3. The minimum atomic E-state index is 0.258. The van der Waals surface area contributed by atoms with Crippen molar-refractivity contribution >= 4 is 0 Å². The summed E-state index contributed by atoms with van der Waals surface area (Å²) in [6.45, 7) is 4.45. The number of hydrogen-bond donors (Lipinski definition) is 2. The molecule has 2 rings (SSSR count). The first-order valence-corrected chi connectivity index (χ1v) is 6.41. The molecule has 0 fully saturated rings. The summed E-state index contributed by atoms with van der Waals surface area (Å²) in [4.78, 5) is 0. The van der Waals surface area contributed by atoms with Crippen molar-refractivity contribution in [3.05, 3.63) is 47.5 Å². The topological polar surface area (TPSA) is 58.9 Å². The largest absolute Gasteiger partial charge is 0.508 e. The van der Waals surface area contributed by atoms with Gasteiger partial charge in [-0.25, -0.2) is 0 Å². The summed E-state index contributed by atoms with van der Waals surface area (Å²) in [6, 6.07) is 10.2. The molecule has 0 aliphatic rings. The summed E-state index contributed by atoms with van der Waals surface area (Å²) < 4.78 is 11.1. The number of benzene rings is 2. The molecule has 0 aliphatic heterocycles. The Labute approximate surface area is 118 Å². The Balaban J connectivity index is 1.81. The maximum absolute atomic E-state index is 9.41. The Hall–Kier alpha value is -2.36. The SMILES string of the molecule is Cc1cc(OCCOc2ccc(O)c(C)c2)ccc1O. The van der Waals surface area contributed by atoms with E-state index in [1.54, 1.807) is 36.4 Å². The van der Waals surface area contributed by atoms with Crippen LogP contribution in [0, 0.1) is 13.8 Å². The summed E-state index contributed by atoms with van der Waals surface area (Å²) in [7, 11) is 0. The first kappa shape index (κ1) is 14.1. The lowest BCUT2D eigenvalue weighted by atomic mass is 10.2. The van der Waals surface area contributed by atoms with Crippen molar-refractivity contribution < 1.29 is 19.7 Å². The minimum absolute atomic E-state index is 0.258. The first-order chi connectivity index (χ1) is 9.56. The van der Waals surface area contributed by atoms with Crippen molar-refractivity contribution in [3.8, 4) is 23.0 Å². The molecule has 20 heavy (non-hydrogen) atoms. The second kappa shape index (κ2) is 6.19. The van der Waals surface area contributed by atoms with Gasteiger partial charge in [-0.1, -0.05) is 0 Å². The van der Waals surface area contributed by atoms with Crippen molar-refractivity contribution in [2.75, 3.05) is 13.2 Å². The molecule has 106 valence electrons. The molecule has 0 spiro atoms. The van der Waals surface area contributed by atoms with Gasteiger partial charge in [0.2, 0.25) is 0 Å². The smallest absolute Gasteiger partial charge is 0.122 e. The summed E-state index contributed by atoms with van der Waals surface area (Å²) in [5.74, 6) is 1.91. The molecule has 4 heteroatoms. The second-order valence-corrected chi connectivity index (χ2v) is 4.59. The Kier molecular flexibility index (Phi) is 4.35. The fourth-order valence-electron chi connectivity index (χ4n) is 1.75. The third kappa shape index (κ3) is 3.57. The molecular formula is C16H18O4. The highest BCUT2D eigenvalue weighted by molar-refractivity contribution is 5.39. The maximum Gasteiger partial charge on any atom is 0.122 e. The van der Waals surface area contributed by atoms with E-state index < -0.39 is 0 Å². The van der Waals surface area contributed by atoms with Gasteiger partial charge in [-0.2, -0.15) is 0 Å². The Morgan fingerprint density at radius 3 is 1.50 bits per heavy atom. The van der Waals surface area contributed by atoms with Gasteiger partial charge in [0.1, 0.15) is 36.2 Å². The highest BCUT2D eigenvalue weighted by atomic mass is 16.5. The number of ether oxygens (including phenoxy) is 2. The van der Waals surface area contributed by atoms with E-state index in [1.165, 1.54) is 0 Å². The molecule has 0 unspecified atom stereocenters. The van der Waals surface area contributed by atoms with Gasteiger partial charge in [0.05, 0.1) is 0 Å². The highest BCUT2D eigenvalue weighted by Gasteiger charge is 2.01. The highest BCUT2D eigenvalue weighted by Crippen LogP contribution is 2.23. The van der Waals surface area contributed by atoms with Crippen LogP contribution in [0.5, 0.6) is 23.0 Å². The zero-order valence-corrected chi connectivity index (χ0v) is 11.6. The minimum Gasteiger partial charge on any atom is -0.508 e. The summed E-state index contributed by atoms with van der Waals surface area (Å²) >= 11 is 0. The number of aryl methyl sites for hydroxylation is 2. The number of phenolic OH excluding ortho intramolecular Hbond substituents is 2. The van der Waals surface area contributed by atoms with Crippen molar-refractivity contribution in [2.24, 2.45) is 0 Å². The molecule has 4 nitrogen and oxygen atoms in total. The summed E-state index contributed by atoms with van der Waals surface area (Å²) in [6.07, 6.45) is 0. The first-order valence-electron chi connectivity index (χ1n) is 6.41. The summed E-state index contributed by atoms with van der Waals surface area (Å²) in [5.41, 5.74) is 1.55. The van der Waals surface area contributed by atoms with E-state index in [-0.39, 0.29) is 11.5 Å². The van der Waals surface area contributed by atoms with Crippen LogP contribution in [0.1, 0.15) is 11.1 Å². The van der Waals surface area contributed by atoms with E-state index in [9.17, 15) is 10.2 Å². The third-order valence-corrected chi connectivity index (χ3v) is 2.96. The molecular weight excluding hydrogens is 256 g/mol. The zero-order valence-electron chi connectivity index (χ0n) is 11.6. The Bertz CT molecular complexity index is 540. The van der Waals surface area contributed by atoms with Gasteiger partial charge in [0.15, 0.2) is 0 Å². The predicted molar refractivity (Wildman–Crippen MR) is 76.7 cm³/mol. The van der Waals surface area contributed by atoms with Crippen LogP contribution >= 0.6 is 0 Å². The molecule has 0 radical (unpaired) electrons. The van der Waals surface area contributed by atoms with Gasteiger partial charge in [-0.05, 0) is 61.4 Å². The van der Waals surface area contributed by atoms with Gasteiger partial charge >= 0.3 is 0 Å². The Morgan fingerprint density at radius 2 is 1.15 bits per heavy atom. The van der Waals surface area contributed by atoms with Gasteiger partial charge < -0.3 is 19.7 Å². The van der Waals surface area contributed by atoms with E-state index in [4.69, 9.17) is 9.47 Å². The molecule has 0 amide bonds. The number of rotatable bonds is 5. The van der Waals surface area contributed by atoms with Crippen LogP contribution in [0.15, 0.2) is 36.4 Å². The normalized spacial score (nSPS) is 10.3. The zero-order chi connectivity index (χ0) is 14.5. The average molecular weight is 274 g/mol. The molecule has 2 aromatic rings. The van der Waals surface area contributed by atoms with Crippen molar-refractivity contribution in [2.45, 2.75) is 13.8 Å². The van der Waals surface area contributed by atoms with Crippen molar-refractivity contribution in [3.63, 3.8) is 0 Å². The molecule has 2 N–H and O–H groups in total. The fraction of sp³-hybridized carbons (Fsp3) is 0.250. The van der Waals surface area contributed by atoms with Crippen LogP contribution in [0.25, 0.3) is 0 Å². The van der Waals surface area contributed by atoms with Gasteiger partial charge in [0.25, 0.3) is 0 Å². The van der Waals surface area contributed by atoms with E-state index in [2.05, 4.69) is 0 Å². The molecule has 0 saturated carbocycles. The maximum atomic E-state index is 9.41. The van der Waals surface area contributed by atoms with Crippen LogP contribution in [-0.2, 0) is 0 Å². The Morgan fingerprint density at radius 1 is 0.750 bits per heavy atom. The number of hydrogen-bond acceptors (Lipinski definition) is 4. The predicted octanol–water partition coefficient (Wildman–Crippen LogP) is 3.17. The third-order valence-electron chi connectivity index (χ3n) is 2.96. The lowest BCUT2D eigenvalue weighted by Gasteiger charge is -2.10. The van der Waals surface area contributed by atoms with Gasteiger partial charge in [0, 0.05) is 0 Å². The van der Waals surface area contributed by atoms with Crippen LogP contribution in [0.2, 0.25) is 0 Å². The van der Waals surface area contributed by atoms with Gasteiger partial charge in [-0.15, -0.1) is 0 Å².